The monoisotopic (exact) mass is 498 g/mol. The van der Waals surface area contributed by atoms with Gasteiger partial charge in [-0.3, -0.25) is 14.8 Å². The molecular formula is C26H25F3N4O3. The molecule has 2 atom stereocenters. The summed E-state index contributed by atoms with van der Waals surface area (Å²) in [7, 11) is 0. The van der Waals surface area contributed by atoms with Crippen LogP contribution in [0.4, 0.5) is 24.5 Å². The van der Waals surface area contributed by atoms with Gasteiger partial charge >= 0.3 is 6.18 Å². The fraction of sp³-hybridized carbons (Fsp3) is 0.346. The molecule has 1 aromatic carbocycles. The van der Waals surface area contributed by atoms with E-state index in [1.807, 2.05) is 19.1 Å². The average molecular weight is 499 g/mol. The molecule has 0 spiro atoms. The minimum atomic E-state index is -4.64. The second-order valence-electron chi connectivity index (χ2n) is 9.40. The molecule has 1 unspecified atom stereocenters. The third-order valence-corrected chi connectivity index (χ3v) is 6.67. The van der Waals surface area contributed by atoms with Crippen LogP contribution in [0.2, 0.25) is 0 Å². The van der Waals surface area contributed by atoms with Crippen molar-refractivity contribution in [1.29, 1.82) is 0 Å². The molecule has 2 aromatic heterocycles. The highest BCUT2D eigenvalue weighted by Crippen LogP contribution is 2.42. The second kappa shape index (κ2) is 8.86. The van der Waals surface area contributed by atoms with Gasteiger partial charge in [-0.2, -0.15) is 13.2 Å². The van der Waals surface area contributed by atoms with Gasteiger partial charge in [0.25, 0.3) is 5.91 Å². The number of carbonyl (C=O) groups excluding carboxylic acids is 1. The number of morpholine rings is 1. The Morgan fingerprint density at radius 2 is 2.03 bits per heavy atom. The Morgan fingerprint density at radius 3 is 2.81 bits per heavy atom. The Balaban J connectivity index is 1.46. The van der Waals surface area contributed by atoms with E-state index in [1.54, 1.807) is 25.3 Å². The Kier molecular flexibility index (Phi) is 5.96. The number of aliphatic hydroxyl groups is 1. The molecule has 10 heteroatoms. The van der Waals surface area contributed by atoms with Crippen LogP contribution in [0, 0.1) is 6.92 Å². The van der Waals surface area contributed by atoms with Crippen molar-refractivity contribution < 1.29 is 27.8 Å². The van der Waals surface area contributed by atoms with Crippen molar-refractivity contribution in [2.75, 3.05) is 30.0 Å². The van der Waals surface area contributed by atoms with E-state index in [-0.39, 0.29) is 11.6 Å². The topological polar surface area (TPSA) is 87.6 Å². The van der Waals surface area contributed by atoms with Crippen LogP contribution in [-0.4, -0.2) is 46.8 Å². The number of hydrogen-bond donors (Lipinski definition) is 2. The van der Waals surface area contributed by atoms with Crippen LogP contribution in [0.3, 0.4) is 0 Å². The first-order valence-corrected chi connectivity index (χ1v) is 11.6. The molecule has 188 valence electrons. The van der Waals surface area contributed by atoms with E-state index in [0.717, 1.165) is 34.6 Å². The summed E-state index contributed by atoms with van der Waals surface area (Å²) >= 11 is 0. The molecule has 1 fully saturated rings. The summed E-state index contributed by atoms with van der Waals surface area (Å²) in [6.45, 7) is 5.50. The molecule has 36 heavy (non-hydrogen) atoms. The van der Waals surface area contributed by atoms with E-state index in [4.69, 9.17) is 4.74 Å². The molecule has 2 aliphatic heterocycles. The lowest BCUT2D eigenvalue weighted by Crippen LogP contribution is -2.53. The van der Waals surface area contributed by atoms with Crippen LogP contribution >= 0.6 is 0 Å². The van der Waals surface area contributed by atoms with Crippen LogP contribution in [0.15, 0.2) is 48.8 Å². The fourth-order valence-electron chi connectivity index (χ4n) is 4.87. The Hall–Kier alpha value is -3.50. The molecule has 2 N–H and O–H groups in total. The highest BCUT2D eigenvalue weighted by molar-refractivity contribution is 6.04. The van der Waals surface area contributed by atoms with E-state index in [2.05, 4.69) is 20.2 Å². The van der Waals surface area contributed by atoms with Crippen molar-refractivity contribution in [2.24, 2.45) is 0 Å². The number of rotatable bonds is 3. The number of halogens is 3. The average Bonchev–Trinajstić information content (AvgIpc) is 2.84. The molecule has 0 bridgehead atoms. The number of amides is 1. The molecule has 1 amide bonds. The Bertz CT molecular complexity index is 1330. The zero-order valence-electron chi connectivity index (χ0n) is 19.8. The predicted molar refractivity (Wildman–Crippen MR) is 128 cm³/mol. The molecule has 2 aliphatic rings. The van der Waals surface area contributed by atoms with Crippen LogP contribution in [-0.2, 0) is 16.5 Å². The van der Waals surface area contributed by atoms with Gasteiger partial charge in [0, 0.05) is 42.2 Å². The van der Waals surface area contributed by atoms with Gasteiger partial charge in [0.2, 0.25) is 0 Å². The Morgan fingerprint density at radius 1 is 1.22 bits per heavy atom. The largest absolute Gasteiger partial charge is 0.433 e. The summed E-state index contributed by atoms with van der Waals surface area (Å²) in [4.78, 5) is 22.8. The zero-order valence-corrected chi connectivity index (χ0v) is 19.8. The molecule has 0 aliphatic carbocycles. The van der Waals surface area contributed by atoms with Gasteiger partial charge in [-0.25, -0.2) is 0 Å². The molecule has 3 aromatic rings. The summed E-state index contributed by atoms with van der Waals surface area (Å²) in [5, 5.41) is 13.7. The number of nitrogens with zero attached hydrogens (tertiary/aromatic N) is 3. The van der Waals surface area contributed by atoms with Gasteiger partial charge in [0.1, 0.15) is 11.3 Å². The van der Waals surface area contributed by atoms with Gasteiger partial charge in [-0.05, 0) is 55.3 Å². The maximum Gasteiger partial charge on any atom is 0.433 e. The molecule has 4 heterocycles. The lowest BCUT2D eigenvalue weighted by atomic mass is 9.85. The zero-order chi connectivity index (χ0) is 25.7. The molecule has 0 radical (unpaired) electrons. The van der Waals surface area contributed by atoms with Crippen molar-refractivity contribution in [2.45, 2.75) is 38.1 Å². The van der Waals surface area contributed by atoms with Crippen LogP contribution < -0.4 is 10.2 Å². The minimum absolute atomic E-state index is 0.0481. The highest BCUT2D eigenvalue weighted by Gasteiger charge is 2.41. The van der Waals surface area contributed by atoms with Crippen molar-refractivity contribution >= 4 is 17.3 Å². The first kappa shape index (κ1) is 24.2. The predicted octanol–water partition coefficient (Wildman–Crippen LogP) is 4.54. The summed E-state index contributed by atoms with van der Waals surface area (Å²) in [6.07, 6.45) is -1.46. The molecule has 0 saturated carbocycles. The number of nitrogens with one attached hydrogen (secondary N) is 1. The highest BCUT2D eigenvalue weighted by atomic mass is 19.4. The van der Waals surface area contributed by atoms with Crippen molar-refractivity contribution in [3.05, 3.63) is 71.3 Å². The maximum atomic E-state index is 13.0. The van der Waals surface area contributed by atoms with Gasteiger partial charge in [0.05, 0.1) is 30.6 Å². The van der Waals surface area contributed by atoms with Crippen LogP contribution in [0.5, 0.6) is 0 Å². The van der Waals surface area contributed by atoms with Gasteiger partial charge in [-0.1, -0.05) is 6.07 Å². The van der Waals surface area contributed by atoms with Gasteiger partial charge in [0.15, 0.2) is 0 Å². The third kappa shape index (κ3) is 4.54. The van der Waals surface area contributed by atoms with E-state index in [9.17, 15) is 23.1 Å². The number of aromatic nitrogens is 2. The number of fused-ring (bicyclic) bond motifs is 3. The number of benzene rings is 1. The van der Waals surface area contributed by atoms with Crippen molar-refractivity contribution in [3.63, 3.8) is 0 Å². The van der Waals surface area contributed by atoms with E-state index >= 15 is 0 Å². The van der Waals surface area contributed by atoms with Gasteiger partial charge < -0.3 is 20.1 Å². The number of alkyl halides is 3. The number of hydrogen-bond acceptors (Lipinski definition) is 6. The van der Waals surface area contributed by atoms with Crippen LogP contribution in [0.1, 0.15) is 40.7 Å². The summed E-state index contributed by atoms with van der Waals surface area (Å²) in [5.74, 6) is -0.673. The van der Waals surface area contributed by atoms with E-state index < -0.39 is 23.4 Å². The molecule has 7 nitrogen and oxygen atoms in total. The quantitative estimate of drug-likeness (QED) is 0.552. The Labute approximate surface area is 205 Å². The molecule has 5 rings (SSSR count). The number of anilines is 2. The summed E-state index contributed by atoms with van der Waals surface area (Å²) in [5.41, 5.74) is 2.08. The lowest BCUT2D eigenvalue weighted by molar-refractivity contribution is -0.141. The third-order valence-electron chi connectivity index (χ3n) is 6.67. The van der Waals surface area contributed by atoms with Crippen molar-refractivity contribution in [1.82, 2.24) is 9.97 Å². The number of aryl methyl sites for hydroxylation is 1. The van der Waals surface area contributed by atoms with E-state index in [1.165, 1.54) is 6.07 Å². The summed E-state index contributed by atoms with van der Waals surface area (Å²) in [6, 6.07) is 9.27. The standard InChI is InChI=1S/C26H25F3N4O3/c1-15-3-4-18(32-24(34)16-5-6-30-22(10-16)26(27,28)29)11-20(15)17-9-21-23(31-13-17)25(2,35)12-19-14-36-8-7-33(19)21/h3-6,9-11,13,19,35H,7-8,12,14H2,1-2H3,(H,32,34)/t19?,25-/m0/s1. The van der Waals surface area contributed by atoms with E-state index in [0.29, 0.717) is 37.6 Å². The number of carbonyl (C=O) groups is 1. The first-order chi connectivity index (χ1) is 17.0. The maximum absolute atomic E-state index is 13.0. The van der Waals surface area contributed by atoms with Crippen LogP contribution in [0.25, 0.3) is 11.1 Å². The lowest BCUT2D eigenvalue weighted by Gasteiger charge is -2.46. The number of pyridine rings is 2. The normalized spacial score (nSPS) is 21.5. The summed E-state index contributed by atoms with van der Waals surface area (Å²) < 4.78 is 44.6. The molecular weight excluding hydrogens is 473 g/mol. The van der Waals surface area contributed by atoms with Crippen molar-refractivity contribution in [3.8, 4) is 11.1 Å². The second-order valence-corrected chi connectivity index (χ2v) is 9.40. The smallest absolute Gasteiger partial charge is 0.384 e. The number of ether oxygens (including phenoxy) is 1. The minimum Gasteiger partial charge on any atom is -0.384 e. The first-order valence-electron chi connectivity index (χ1n) is 11.6. The SMILES string of the molecule is Cc1ccc(NC(=O)c2ccnc(C(F)(F)F)c2)cc1-c1cnc2c(c1)N1CCOCC1C[C@]2(C)O. The molecule has 1 saturated heterocycles. The van der Waals surface area contributed by atoms with Gasteiger partial charge in [-0.15, -0.1) is 0 Å². The fourth-order valence-corrected chi connectivity index (χ4v) is 4.87.